The second-order valence-corrected chi connectivity index (χ2v) is 4.83. The number of ether oxygens (including phenoxy) is 1. The molecule has 0 aliphatic rings. The zero-order valence-electron chi connectivity index (χ0n) is 11.3. The largest absolute Gasteiger partial charge is 0.457 e. The maximum atomic E-state index is 5.90. The molecular formula is C16H18ClNO. The monoisotopic (exact) mass is 275 g/mol. The topological polar surface area (TPSA) is 22.1 Å². The summed E-state index contributed by atoms with van der Waals surface area (Å²) in [5.74, 6) is 2.01. The first-order valence-electron chi connectivity index (χ1n) is 6.51. The molecule has 0 aliphatic heterocycles. The first-order chi connectivity index (χ1) is 9.22. The van der Waals surface area contributed by atoms with Crippen molar-refractivity contribution in [3.63, 3.8) is 0 Å². The van der Waals surface area contributed by atoms with E-state index in [4.69, 9.17) is 16.3 Å². The minimum absolute atomic E-state index is 0.399. The fourth-order valence-corrected chi connectivity index (χ4v) is 2.10. The van der Waals surface area contributed by atoms with Gasteiger partial charge in [-0.2, -0.15) is 0 Å². The number of halogens is 1. The van der Waals surface area contributed by atoms with Crippen LogP contribution < -0.4 is 4.74 Å². The van der Waals surface area contributed by atoms with Gasteiger partial charge in [0, 0.05) is 23.5 Å². The average Bonchev–Trinajstić information content (AvgIpc) is 2.42. The van der Waals surface area contributed by atoms with Crippen molar-refractivity contribution in [2.24, 2.45) is 0 Å². The zero-order valence-corrected chi connectivity index (χ0v) is 12.1. The Morgan fingerprint density at radius 1 is 1.21 bits per heavy atom. The van der Waals surface area contributed by atoms with E-state index in [-0.39, 0.29) is 0 Å². The highest BCUT2D eigenvalue weighted by molar-refractivity contribution is 6.17. The maximum absolute atomic E-state index is 5.90. The molecule has 100 valence electrons. The lowest BCUT2D eigenvalue weighted by atomic mass is 10.1. The molecule has 0 saturated heterocycles. The van der Waals surface area contributed by atoms with Crippen molar-refractivity contribution < 1.29 is 4.74 Å². The lowest BCUT2D eigenvalue weighted by Gasteiger charge is -2.10. The van der Waals surface area contributed by atoms with Crippen LogP contribution in [0.2, 0.25) is 0 Å². The number of hydrogen-bond donors (Lipinski definition) is 0. The Morgan fingerprint density at radius 2 is 1.95 bits per heavy atom. The fraction of sp³-hybridized carbons (Fsp3) is 0.312. The number of aryl methyl sites for hydroxylation is 2. The molecule has 3 heteroatoms. The number of aromatic nitrogens is 1. The van der Waals surface area contributed by atoms with Gasteiger partial charge in [-0.15, -0.1) is 11.6 Å². The van der Waals surface area contributed by atoms with E-state index in [1.807, 2.05) is 25.1 Å². The Kier molecular flexibility index (Phi) is 4.80. The summed E-state index contributed by atoms with van der Waals surface area (Å²) in [6.07, 6.45) is 4.02. The van der Waals surface area contributed by atoms with Crippen LogP contribution >= 0.6 is 11.6 Å². The van der Waals surface area contributed by atoms with Crippen molar-refractivity contribution in [2.75, 3.05) is 0 Å². The average molecular weight is 276 g/mol. The van der Waals surface area contributed by atoms with Gasteiger partial charge in [0.15, 0.2) is 0 Å². The van der Waals surface area contributed by atoms with Gasteiger partial charge in [0.2, 0.25) is 0 Å². The molecule has 0 bridgehead atoms. The zero-order chi connectivity index (χ0) is 13.7. The van der Waals surface area contributed by atoms with Crippen LogP contribution in [0.5, 0.6) is 11.5 Å². The SMILES string of the molecule is CCCc1ccc(Oc2cc(C)ncc2CCl)cc1. The molecule has 0 aliphatic carbocycles. The maximum Gasteiger partial charge on any atom is 0.135 e. The Labute approximate surface area is 119 Å². The Balaban J connectivity index is 2.18. The van der Waals surface area contributed by atoms with Crippen LogP contribution in [0.3, 0.4) is 0 Å². The quantitative estimate of drug-likeness (QED) is 0.726. The van der Waals surface area contributed by atoms with Crippen LogP contribution in [0.25, 0.3) is 0 Å². The third kappa shape index (κ3) is 3.71. The highest BCUT2D eigenvalue weighted by Gasteiger charge is 2.05. The minimum atomic E-state index is 0.399. The molecule has 1 aromatic carbocycles. The van der Waals surface area contributed by atoms with Gasteiger partial charge in [0.1, 0.15) is 11.5 Å². The first kappa shape index (κ1) is 13.9. The number of pyridine rings is 1. The third-order valence-electron chi connectivity index (χ3n) is 2.91. The second-order valence-electron chi connectivity index (χ2n) is 4.56. The highest BCUT2D eigenvalue weighted by Crippen LogP contribution is 2.27. The molecule has 2 rings (SSSR count). The van der Waals surface area contributed by atoms with Crippen molar-refractivity contribution in [3.8, 4) is 11.5 Å². The Morgan fingerprint density at radius 3 is 2.58 bits per heavy atom. The molecule has 0 amide bonds. The summed E-state index contributed by atoms with van der Waals surface area (Å²) in [5, 5.41) is 0. The van der Waals surface area contributed by atoms with E-state index in [9.17, 15) is 0 Å². The van der Waals surface area contributed by atoms with Gasteiger partial charge in [-0.1, -0.05) is 25.5 Å². The van der Waals surface area contributed by atoms with Crippen molar-refractivity contribution in [3.05, 3.63) is 53.3 Å². The van der Waals surface area contributed by atoms with E-state index in [1.165, 1.54) is 5.56 Å². The molecule has 0 spiro atoms. The van der Waals surface area contributed by atoms with E-state index in [0.29, 0.717) is 5.88 Å². The number of rotatable bonds is 5. The van der Waals surface area contributed by atoms with Crippen molar-refractivity contribution in [1.82, 2.24) is 4.98 Å². The molecule has 0 saturated carbocycles. The van der Waals surface area contributed by atoms with Crippen LogP contribution in [0.4, 0.5) is 0 Å². The third-order valence-corrected chi connectivity index (χ3v) is 3.20. The molecule has 0 N–H and O–H groups in total. The molecule has 1 heterocycles. The van der Waals surface area contributed by atoms with Crippen molar-refractivity contribution in [1.29, 1.82) is 0 Å². The predicted molar refractivity (Wildman–Crippen MR) is 79.0 cm³/mol. The van der Waals surface area contributed by atoms with E-state index in [1.54, 1.807) is 6.20 Å². The Bertz CT molecular complexity index is 537. The van der Waals surface area contributed by atoms with E-state index >= 15 is 0 Å². The van der Waals surface area contributed by atoms with Crippen LogP contribution in [0.15, 0.2) is 36.5 Å². The van der Waals surface area contributed by atoms with Gasteiger partial charge < -0.3 is 4.74 Å². The van der Waals surface area contributed by atoms with Crippen LogP contribution in [0, 0.1) is 6.92 Å². The molecular weight excluding hydrogens is 258 g/mol. The summed E-state index contributed by atoms with van der Waals surface area (Å²) in [4.78, 5) is 4.23. The fourth-order valence-electron chi connectivity index (χ4n) is 1.90. The summed E-state index contributed by atoms with van der Waals surface area (Å²) < 4.78 is 5.89. The molecule has 1 aromatic heterocycles. The Hall–Kier alpha value is -1.54. The smallest absolute Gasteiger partial charge is 0.135 e. The van der Waals surface area contributed by atoms with Crippen molar-refractivity contribution >= 4 is 11.6 Å². The highest BCUT2D eigenvalue weighted by atomic mass is 35.5. The lowest BCUT2D eigenvalue weighted by molar-refractivity contribution is 0.476. The van der Waals surface area contributed by atoms with Gasteiger partial charge in [0.25, 0.3) is 0 Å². The van der Waals surface area contributed by atoms with Crippen LogP contribution in [-0.4, -0.2) is 4.98 Å². The predicted octanol–water partition coefficient (Wildman–Crippen LogP) is 4.87. The minimum Gasteiger partial charge on any atom is -0.457 e. The normalized spacial score (nSPS) is 10.5. The number of hydrogen-bond acceptors (Lipinski definition) is 2. The molecule has 0 fully saturated rings. The number of benzene rings is 1. The number of alkyl halides is 1. The van der Waals surface area contributed by atoms with Crippen molar-refractivity contribution in [2.45, 2.75) is 32.6 Å². The molecule has 2 aromatic rings. The van der Waals surface area contributed by atoms with Gasteiger partial charge in [0.05, 0.1) is 5.88 Å². The summed E-state index contributed by atoms with van der Waals surface area (Å²) in [6.45, 7) is 4.12. The number of nitrogens with zero attached hydrogens (tertiary/aromatic N) is 1. The molecule has 19 heavy (non-hydrogen) atoms. The standard InChI is InChI=1S/C16H18ClNO/c1-3-4-13-5-7-15(8-6-13)19-16-9-12(2)18-11-14(16)10-17/h5-9,11H,3-4,10H2,1-2H3. The van der Waals surface area contributed by atoms with Gasteiger partial charge in [-0.25, -0.2) is 0 Å². The molecule has 0 unspecified atom stereocenters. The van der Waals surface area contributed by atoms with Crippen LogP contribution in [-0.2, 0) is 12.3 Å². The van der Waals surface area contributed by atoms with E-state index < -0.39 is 0 Å². The van der Waals surface area contributed by atoms with E-state index in [0.717, 1.165) is 35.6 Å². The second kappa shape index (κ2) is 6.58. The lowest BCUT2D eigenvalue weighted by Crippen LogP contribution is -1.93. The summed E-state index contributed by atoms with van der Waals surface area (Å²) in [6, 6.07) is 10.1. The van der Waals surface area contributed by atoms with Gasteiger partial charge >= 0.3 is 0 Å². The van der Waals surface area contributed by atoms with Crippen LogP contribution in [0.1, 0.15) is 30.2 Å². The summed E-state index contributed by atoms with van der Waals surface area (Å²) in [5.41, 5.74) is 3.16. The first-order valence-corrected chi connectivity index (χ1v) is 7.04. The molecule has 0 radical (unpaired) electrons. The van der Waals surface area contributed by atoms with Gasteiger partial charge in [-0.05, 0) is 31.0 Å². The van der Waals surface area contributed by atoms with Gasteiger partial charge in [-0.3, -0.25) is 4.98 Å². The molecule has 0 atom stereocenters. The van der Waals surface area contributed by atoms with E-state index in [2.05, 4.69) is 24.0 Å². The summed E-state index contributed by atoms with van der Waals surface area (Å²) >= 11 is 5.90. The molecule has 2 nitrogen and oxygen atoms in total. The summed E-state index contributed by atoms with van der Waals surface area (Å²) in [7, 11) is 0.